The van der Waals surface area contributed by atoms with Gasteiger partial charge in [-0.15, -0.1) is 0 Å². The molecule has 0 aliphatic rings. The van der Waals surface area contributed by atoms with Gasteiger partial charge in [-0.05, 0) is 19.8 Å². The maximum Gasteiger partial charge on any atom is 0.329 e. The fourth-order valence-corrected chi connectivity index (χ4v) is 1.37. The number of amides is 1. The molecule has 0 heterocycles. The van der Waals surface area contributed by atoms with Crippen LogP contribution in [0, 0.1) is 5.92 Å². The van der Waals surface area contributed by atoms with Crippen molar-refractivity contribution in [3.05, 3.63) is 0 Å². The third-order valence-electron chi connectivity index (χ3n) is 3.18. The van der Waals surface area contributed by atoms with Gasteiger partial charge >= 0.3 is 5.97 Å². The monoisotopic (exact) mass is 230 g/mol. The number of hydrogen-bond donors (Lipinski definition) is 3. The van der Waals surface area contributed by atoms with Gasteiger partial charge in [0.05, 0.1) is 0 Å². The van der Waals surface area contributed by atoms with Crippen LogP contribution in [0.2, 0.25) is 0 Å². The smallest absolute Gasteiger partial charge is 0.329 e. The summed E-state index contributed by atoms with van der Waals surface area (Å²) in [5.41, 5.74) is 4.44. The van der Waals surface area contributed by atoms with Gasteiger partial charge in [0.1, 0.15) is 5.54 Å². The lowest BCUT2D eigenvalue weighted by Gasteiger charge is -2.30. The normalized spacial score (nSPS) is 15.3. The van der Waals surface area contributed by atoms with Gasteiger partial charge in [0.2, 0.25) is 5.91 Å². The van der Waals surface area contributed by atoms with E-state index in [-0.39, 0.29) is 11.9 Å². The molecule has 0 aliphatic carbocycles. The second kappa shape index (κ2) is 5.84. The Kier molecular flexibility index (Phi) is 5.44. The molecule has 94 valence electrons. The van der Waals surface area contributed by atoms with Crippen LogP contribution in [-0.4, -0.2) is 28.6 Å². The van der Waals surface area contributed by atoms with Crippen LogP contribution in [0.4, 0.5) is 0 Å². The molecular weight excluding hydrogens is 208 g/mol. The summed E-state index contributed by atoms with van der Waals surface area (Å²) in [6.45, 7) is 6.91. The molecule has 0 aromatic heterocycles. The SMILES string of the molecule is CCC(CC)(NC(=O)C(C)C(C)N)C(=O)O. The van der Waals surface area contributed by atoms with E-state index in [2.05, 4.69) is 5.32 Å². The first-order chi connectivity index (χ1) is 7.30. The zero-order valence-corrected chi connectivity index (χ0v) is 10.4. The Bertz CT molecular complexity index is 260. The fourth-order valence-electron chi connectivity index (χ4n) is 1.37. The average Bonchev–Trinajstić information content (AvgIpc) is 2.23. The van der Waals surface area contributed by atoms with Crippen molar-refractivity contribution in [3.63, 3.8) is 0 Å². The predicted octanol–water partition coefficient (Wildman–Crippen LogP) is 0.729. The first-order valence-electron chi connectivity index (χ1n) is 5.61. The highest BCUT2D eigenvalue weighted by molar-refractivity contribution is 5.88. The molecular formula is C11H22N2O3. The molecule has 1 amide bonds. The quantitative estimate of drug-likeness (QED) is 0.627. The van der Waals surface area contributed by atoms with Gasteiger partial charge in [0, 0.05) is 12.0 Å². The predicted molar refractivity (Wildman–Crippen MR) is 61.9 cm³/mol. The highest BCUT2D eigenvalue weighted by Crippen LogP contribution is 2.16. The summed E-state index contributed by atoms with van der Waals surface area (Å²) in [5, 5.41) is 11.7. The Morgan fingerprint density at radius 2 is 1.75 bits per heavy atom. The van der Waals surface area contributed by atoms with Crippen LogP contribution in [0.1, 0.15) is 40.5 Å². The average molecular weight is 230 g/mol. The van der Waals surface area contributed by atoms with Gasteiger partial charge in [-0.2, -0.15) is 0 Å². The summed E-state index contributed by atoms with van der Waals surface area (Å²) in [6, 6.07) is -0.291. The van der Waals surface area contributed by atoms with E-state index in [9.17, 15) is 9.59 Å². The third-order valence-corrected chi connectivity index (χ3v) is 3.18. The van der Waals surface area contributed by atoms with Crippen molar-refractivity contribution in [3.8, 4) is 0 Å². The first kappa shape index (κ1) is 14.9. The van der Waals surface area contributed by atoms with Gasteiger partial charge in [-0.25, -0.2) is 4.79 Å². The summed E-state index contributed by atoms with van der Waals surface area (Å²) in [7, 11) is 0. The molecule has 0 aliphatic heterocycles. The molecule has 2 atom stereocenters. The van der Waals surface area contributed by atoms with Crippen molar-refractivity contribution < 1.29 is 14.7 Å². The van der Waals surface area contributed by atoms with Crippen molar-refractivity contribution in [1.29, 1.82) is 0 Å². The topological polar surface area (TPSA) is 92.4 Å². The van der Waals surface area contributed by atoms with Crippen molar-refractivity contribution in [2.45, 2.75) is 52.1 Å². The van der Waals surface area contributed by atoms with E-state index in [1.807, 2.05) is 0 Å². The van der Waals surface area contributed by atoms with E-state index < -0.39 is 17.4 Å². The van der Waals surface area contributed by atoms with E-state index in [0.717, 1.165) is 0 Å². The molecule has 0 aromatic rings. The summed E-state index contributed by atoms with van der Waals surface area (Å²) in [5.74, 6) is -1.69. The maximum absolute atomic E-state index is 11.8. The van der Waals surface area contributed by atoms with Crippen LogP contribution in [0.5, 0.6) is 0 Å². The van der Waals surface area contributed by atoms with Crippen LogP contribution < -0.4 is 11.1 Å². The molecule has 0 aromatic carbocycles. The number of carbonyl (C=O) groups excluding carboxylic acids is 1. The number of nitrogens with two attached hydrogens (primary N) is 1. The van der Waals surface area contributed by atoms with E-state index in [1.54, 1.807) is 27.7 Å². The minimum atomic E-state index is -1.17. The Labute approximate surface area is 96.4 Å². The lowest BCUT2D eigenvalue weighted by Crippen LogP contribution is -2.56. The van der Waals surface area contributed by atoms with Gasteiger partial charge in [-0.1, -0.05) is 20.8 Å². The number of carboxylic acid groups (broad SMARTS) is 1. The number of carboxylic acids is 1. The minimum Gasteiger partial charge on any atom is -0.480 e. The van der Waals surface area contributed by atoms with Gasteiger partial charge in [0.25, 0.3) is 0 Å². The van der Waals surface area contributed by atoms with Crippen LogP contribution in [-0.2, 0) is 9.59 Å². The number of carbonyl (C=O) groups is 2. The Balaban J connectivity index is 4.77. The second-order valence-electron chi connectivity index (χ2n) is 4.23. The molecule has 16 heavy (non-hydrogen) atoms. The number of aliphatic carboxylic acids is 1. The minimum absolute atomic E-state index is 0.291. The molecule has 0 fully saturated rings. The van der Waals surface area contributed by atoms with Gasteiger partial charge in [0.15, 0.2) is 0 Å². The fraction of sp³-hybridized carbons (Fsp3) is 0.818. The van der Waals surface area contributed by atoms with Crippen LogP contribution in [0.3, 0.4) is 0 Å². The lowest BCUT2D eigenvalue weighted by atomic mass is 9.91. The number of hydrogen-bond acceptors (Lipinski definition) is 3. The van der Waals surface area contributed by atoms with E-state index in [1.165, 1.54) is 0 Å². The molecule has 4 N–H and O–H groups in total. The molecule has 5 nitrogen and oxygen atoms in total. The molecule has 0 saturated heterocycles. The highest BCUT2D eigenvalue weighted by Gasteiger charge is 2.37. The molecule has 0 rings (SSSR count). The van der Waals surface area contributed by atoms with Crippen molar-refractivity contribution in [2.24, 2.45) is 11.7 Å². The van der Waals surface area contributed by atoms with Gasteiger partial charge in [-0.3, -0.25) is 4.79 Å². The molecule has 0 bridgehead atoms. The zero-order chi connectivity index (χ0) is 12.9. The summed E-state index contributed by atoms with van der Waals surface area (Å²) >= 11 is 0. The van der Waals surface area contributed by atoms with Crippen LogP contribution in [0.15, 0.2) is 0 Å². The highest BCUT2D eigenvalue weighted by atomic mass is 16.4. The summed E-state index contributed by atoms with van der Waals surface area (Å²) < 4.78 is 0. The largest absolute Gasteiger partial charge is 0.480 e. The first-order valence-corrected chi connectivity index (χ1v) is 5.61. The number of nitrogens with one attached hydrogen (secondary N) is 1. The van der Waals surface area contributed by atoms with Crippen LogP contribution in [0.25, 0.3) is 0 Å². The third kappa shape index (κ3) is 3.20. The van der Waals surface area contributed by atoms with Gasteiger partial charge < -0.3 is 16.2 Å². The van der Waals surface area contributed by atoms with E-state index >= 15 is 0 Å². The Morgan fingerprint density at radius 3 is 2.00 bits per heavy atom. The maximum atomic E-state index is 11.8. The zero-order valence-electron chi connectivity index (χ0n) is 10.4. The summed E-state index contributed by atoms with van der Waals surface area (Å²) in [6.07, 6.45) is 0.715. The molecule has 0 spiro atoms. The molecule has 2 unspecified atom stereocenters. The molecule has 0 saturated carbocycles. The molecule has 0 radical (unpaired) electrons. The standard InChI is InChI=1S/C11H22N2O3/c1-5-11(6-2,10(15)16)13-9(14)7(3)8(4)12/h7-8H,5-6,12H2,1-4H3,(H,13,14)(H,15,16). The Morgan fingerprint density at radius 1 is 1.31 bits per heavy atom. The van der Waals surface area contributed by atoms with Crippen LogP contribution >= 0.6 is 0 Å². The Hall–Kier alpha value is -1.10. The van der Waals surface area contributed by atoms with E-state index in [4.69, 9.17) is 10.8 Å². The van der Waals surface area contributed by atoms with E-state index in [0.29, 0.717) is 12.8 Å². The molecule has 5 heteroatoms. The van der Waals surface area contributed by atoms with Crippen molar-refractivity contribution in [2.75, 3.05) is 0 Å². The summed E-state index contributed by atoms with van der Waals surface area (Å²) in [4.78, 5) is 22.9. The lowest BCUT2D eigenvalue weighted by molar-refractivity contribution is -0.148. The number of rotatable bonds is 6. The second-order valence-corrected chi connectivity index (χ2v) is 4.23. The van der Waals surface area contributed by atoms with Crippen molar-refractivity contribution >= 4 is 11.9 Å². The van der Waals surface area contributed by atoms with Crippen molar-refractivity contribution in [1.82, 2.24) is 5.32 Å².